The van der Waals surface area contributed by atoms with Crippen LogP contribution in [0.2, 0.25) is 0 Å². The number of rotatable bonds is 2. The summed E-state index contributed by atoms with van der Waals surface area (Å²) in [5, 5.41) is 20.7. The molecule has 0 aromatic rings. The Kier molecular flexibility index (Phi) is 5.20. The molecule has 0 heterocycles. The van der Waals surface area contributed by atoms with E-state index in [4.69, 9.17) is 0 Å². The highest BCUT2D eigenvalue weighted by molar-refractivity contribution is 5.85. The maximum atomic E-state index is 12.9. The minimum atomic E-state index is -0.711. The Labute approximate surface area is 206 Å². The molecule has 34 heavy (non-hydrogen) atoms. The number of hydrogen-bond donors (Lipinski definition) is 2. The maximum Gasteiger partial charge on any atom is 0.309 e. The molecule has 5 aliphatic rings. The molecule has 0 aliphatic heterocycles. The van der Waals surface area contributed by atoms with Gasteiger partial charge in [-0.25, -0.2) is 0 Å². The first kappa shape index (κ1) is 24.5. The molecule has 4 nitrogen and oxygen atoms in total. The molecular weight excluding hydrogens is 424 g/mol. The van der Waals surface area contributed by atoms with E-state index in [0.29, 0.717) is 36.9 Å². The quantitative estimate of drug-likeness (QED) is 0.457. The summed E-state index contributed by atoms with van der Waals surface area (Å²) < 4.78 is 0. The topological polar surface area (TPSA) is 74.6 Å². The summed E-state index contributed by atoms with van der Waals surface area (Å²) in [5.41, 5.74) is 0.661. The fourth-order valence-electron chi connectivity index (χ4n) is 10.5. The fraction of sp³-hybridized carbons (Fsp3) is 0.867. The average molecular weight is 471 g/mol. The van der Waals surface area contributed by atoms with Crippen molar-refractivity contribution in [2.75, 3.05) is 6.61 Å². The van der Waals surface area contributed by atoms with E-state index in [9.17, 15) is 19.8 Å². The monoisotopic (exact) mass is 470 g/mol. The molecule has 0 bridgehead atoms. The van der Waals surface area contributed by atoms with Crippen molar-refractivity contribution in [2.24, 2.45) is 50.2 Å². The molecule has 0 spiro atoms. The number of carbonyl (C=O) groups is 2. The van der Waals surface area contributed by atoms with Crippen LogP contribution in [0.1, 0.15) is 106 Å². The average Bonchev–Trinajstić information content (AvgIpc) is 2.77. The first-order valence-corrected chi connectivity index (χ1v) is 13.8. The standard InChI is InChI=1S/C30H46O4/c1-25(2)21-9-12-29(6)22(27(21,4)11-10-23(25)32)8-7-19-20-17-26(3,24(33)34)13-15-30(20,18-31)16-14-28(19,29)5/h7,20-22,31H,8-18H2,1-6H3,(H,33,34)/t20-,21+,22-,26-,27+,28-,29-,30-/m1/s1. The number of carboxylic acids is 1. The van der Waals surface area contributed by atoms with E-state index >= 15 is 0 Å². The van der Waals surface area contributed by atoms with Gasteiger partial charge in [-0.2, -0.15) is 0 Å². The predicted octanol–water partition coefficient (Wildman–Crippen LogP) is 6.41. The second-order valence-electron chi connectivity index (χ2n) is 14.6. The summed E-state index contributed by atoms with van der Waals surface area (Å²) in [6.07, 6.45) is 11.7. The summed E-state index contributed by atoms with van der Waals surface area (Å²) in [7, 11) is 0. The van der Waals surface area contributed by atoms with Gasteiger partial charge >= 0.3 is 5.97 Å². The zero-order valence-corrected chi connectivity index (χ0v) is 22.3. The van der Waals surface area contributed by atoms with Crippen LogP contribution in [0, 0.1) is 50.2 Å². The highest BCUT2D eigenvalue weighted by Crippen LogP contribution is 2.75. The van der Waals surface area contributed by atoms with Crippen LogP contribution in [0.25, 0.3) is 0 Å². The lowest BCUT2D eigenvalue weighted by atomic mass is 9.33. The number of aliphatic carboxylic acids is 1. The first-order valence-electron chi connectivity index (χ1n) is 13.8. The third-order valence-corrected chi connectivity index (χ3v) is 13.2. The molecule has 0 amide bonds. The summed E-state index contributed by atoms with van der Waals surface area (Å²) >= 11 is 0. The second kappa shape index (κ2) is 7.20. The largest absolute Gasteiger partial charge is 0.481 e. The van der Waals surface area contributed by atoms with E-state index in [1.54, 1.807) is 0 Å². The van der Waals surface area contributed by atoms with Crippen LogP contribution in [-0.2, 0) is 9.59 Å². The zero-order chi connectivity index (χ0) is 24.9. The summed E-state index contributed by atoms with van der Waals surface area (Å²) in [4.78, 5) is 25.2. The molecule has 5 aliphatic carbocycles. The van der Waals surface area contributed by atoms with Crippen LogP contribution in [0.4, 0.5) is 0 Å². The van der Waals surface area contributed by atoms with Crippen molar-refractivity contribution in [2.45, 2.75) is 106 Å². The number of aliphatic hydroxyl groups excluding tert-OH is 1. The molecule has 2 N–H and O–H groups in total. The van der Waals surface area contributed by atoms with Gasteiger partial charge in [-0.15, -0.1) is 0 Å². The molecule has 8 atom stereocenters. The van der Waals surface area contributed by atoms with Crippen LogP contribution >= 0.6 is 0 Å². The number of hydrogen-bond acceptors (Lipinski definition) is 3. The Hall–Kier alpha value is -1.16. The lowest BCUT2D eigenvalue weighted by molar-refractivity contribution is -0.188. The molecule has 0 radical (unpaired) electrons. The number of ketones is 1. The third-order valence-electron chi connectivity index (χ3n) is 13.2. The molecule has 4 fully saturated rings. The number of carboxylic acid groups (broad SMARTS) is 1. The molecule has 4 heteroatoms. The van der Waals surface area contributed by atoms with Crippen molar-refractivity contribution in [1.82, 2.24) is 0 Å². The van der Waals surface area contributed by atoms with Gasteiger partial charge in [0.1, 0.15) is 5.78 Å². The van der Waals surface area contributed by atoms with Gasteiger partial charge in [0.05, 0.1) is 5.41 Å². The minimum Gasteiger partial charge on any atom is -0.481 e. The Bertz CT molecular complexity index is 949. The molecule has 0 unspecified atom stereocenters. The molecule has 190 valence electrons. The Morgan fingerprint density at radius 2 is 1.65 bits per heavy atom. The van der Waals surface area contributed by atoms with Gasteiger partial charge < -0.3 is 10.2 Å². The van der Waals surface area contributed by atoms with Gasteiger partial charge in [-0.1, -0.05) is 46.3 Å². The van der Waals surface area contributed by atoms with E-state index < -0.39 is 11.4 Å². The van der Waals surface area contributed by atoms with Crippen LogP contribution < -0.4 is 0 Å². The summed E-state index contributed by atoms with van der Waals surface area (Å²) in [6, 6.07) is 0. The van der Waals surface area contributed by atoms with Crippen LogP contribution in [0.3, 0.4) is 0 Å². The number of aliphatic hydroxyl groups is 1. The van der Waals surface area contributed by atoms with Crippen LogP contribution in [-0.4, -0.2) is 28.6 Å². The number of fused-ring (bicyclic) bond motifs is 7. The molecule has 5 rings (SSSR count). The molecule has 4 saturated carbocycles. The number of carbonyl (C=O) groups excluding carboxylic acids is 1. The van der Waals surface area contributed by atoms with Crippen molar-refractivity contribution >= 4 is 11.8 Å². The summed E-state index contributed by atoms with van der Waals surface area (Å²) in [6.45, 7) is 14.0. The molecule has 0 saturated heterocycles. The lowest BCUT2D eigenvalue weighted by Gasteiger charge is -2.70. The lowest BCUT2D eigenvalue weighted by Crippen LogP contribution is -2.64. The van der Waals surface area contributed by atoms with Crippen molar-refractivity contribution < 1.29 is 19.8 Å². The number of Topliss-reactive ketones (excluding diaryl/α,β-unsaturated/α-hetero) is 1. The Morgan fingerprint density at radius 3 is 2.29 bits per heavy atom. The summed E-state index contributed by atoms with van der Waals surface area (Å²) in [5.74, 6) is 0.879. The van der Waals surface area contributed by atoms with Crippen molar-refractivity contribution in [1.29, 1.82) is 0 Å². The van der Waals surface area contributed by atoms with Crippen LogP contribution in [0.5, 0.6) is 0 Å². The van der Waals surface area contributed by atoms with Crippen LogP contribution in [0.15, 0.2) is 11.6 Å². The van der Waals surface area contributed by atoms with Gasteiger partial charge in [0, 0.05) is 23.9 Å². The highest BCUT2D eigenvalue weighted by atomic mass is 16.4. The first-order chi connectivity index (χ1) is 15.7. The van der Waals surface area contributed by atoms with Gasteiger partial charge in [0.25, 0.3) is 0 Å². The van der Waals surface area contributed by atoms with E-state index in [1.807, 2.05) is 6.92 Å². The highest BCUT2D eigenvalue weighted by Gasteiger charge is 2.68. The zero-order valence-electron chi connectivity index (χ0n) is 22.3. The Morgan fingerprint density at radius 1 is 0.971 bits per heavy atom. The Balaban J connectivity index is 1.59. The normalized spacial score (nSPS) is 51.9. The molecular formula is C30H46O4. The molecule has 0 aromatic heterocycles. The fourth-order valence-corrected chi connectivity index (χ4v) is 10.5. The van der Waals surface area contributed by atoms with E-state index in [0.717, 1.165) is 44.9 Å². The van der Waals surface area contributed by atoms with Gasteiger partial charge in [0.15, 0.2) is 0 Å². The maximum absolute atomic E-state index is 12.9. The van der Waals surface area contributed by atoms with E-state index in [2.05, 4.69) is 40.7 Å². The van der Waals surface area contributed by atoms with Crippen molar-refractivity contribution in [3.8, 4) is 0 Å². The predicted molar refractivity (Wildman–Crippen MR) is 133 cm³/mol. The van der Waals surface area contributed by atoms with Gasteiger partial charge in [0.2, 0.25) is 0 Å². The second-order valence-corrected chi connectivity index (χ2v) is 14.6. The van der Waals surface area contributed by atoms with Gasteiger partial charge in [-0.05, 0) is 98.7 Å². The van der Waals surface area contributed by atoms with Crippen molar-refractivity contribution in [3.05, 3.63) is 11.6 Å². The minimum absolute atomic E-state index is 0.0234. The number of allylic oxidation sites excluding steroid dienone is 2. The van der Waals surface area contributed by atoms with E-state index in [1.165, 1.54) is 5.57 Å². The SMILES string of the molecule is CC1(C)C(=O)CC[C@]2(C)[C@H]3CC=C4[C@H]5C[C@](C)(C(=O)O)CC[C@]5(CO)CC[C@@]4(C)[C@]3(C)CC[C@@H]12. The van der Waals surface area contributed by atoms with E-state index in [-0.39, 0.29) is 39.6 Å². The smallest absolute Gasteiger partial charge is 0.309 e. The molecule has 0 aromatic carbocycles. The third kappa shape index (κ3) is 2.81. The van der Waals surface area contributed by atoms with Crippen molar-refractivity contribution in [3.63, 3.8) is 0 Å². The van der Waals surface area contributed by atoms with Gasteiger partial charge in [-0.3, -0.25) is 9.59 Å².